The summed E-state index contributed by atoms with van der Waals surface area (Å²) in [5, 5.41) is 19.3. The van der Waals surface area contributed by atoms with Crippen LogP contribution in [0.25, 0.3) is 0 Å². The van der Waals surface area contributed by atoms with E-state index < -0.39 is 17.8 Å². The first-order valence-electron chi connectivity index (χ1n) is 4.46. The summed E-state index contributed by atoms with van der Waals surface area (Å²) < 4.78 is 4.66. The lowest BCUT2D eigenvalue weighted by Gasteiger charge is -2.05. The second kappa shape index (κ2) is 5.63. The molecule has 0 aliphatic rings. The second-order valence-corrected chi connectivity index (χ2v) is 2.69. The van der Waals surface area contributed by atoms with Gasteiger partial charge in [0.1, 0.15) is 0 Å². The smallest absolute Gasteiger partial charge is 0.340 e. The summed E-state index contributed by atoms with van der Waals surface area (Å²) in [6.07, 6.45) is 0. The van der Waals surface area contributed by atoms with Gasteiger partial charge in [0.05, 0.1) is 6.61 Å². The zero-order chi connectivity index (χ0) is 12.0. The number of esters is 1. The molecule has 0 bridgehead atoms. The number of ether oxygens (including phenoxy) is 1. The molecule has 0 aromatic carbocycles. The van der Waals surface area contributed by atoms with E-state index >= 15 is 0 Å². The number of carbonyl (C=O) groups excluding carboxylic acids is 2. The highest BCUT2D eigenvalue weighted by molar-refractivity contribution is 6.02. The Morgan fingerprint density at radius 3 is 2.81 bits per heavy atom. The molecule has 0 fully saturated rings. The molecule has 1 aromatic rings. The highest BCUT2D eigenvalue weighted by atomic mass is 16.5. The topological polar surface area (TPSA) is 123 Å². The van der Waals surface area contributed by atoms with Gasteiger partial charge in [-0.05, 0) is 19.1 Å². The quantitative estimate of drug-likeness (QED) is 0.421. The maximum atomic E-state index is 11.3. The number of aromatic nitrogens is 4. The van der Waals surface area contributed by atoms with E-state index in [0.29, 0.717) is 0 Å². The van der Waals surface area contributed by atoms with Crippen LogP contribution in [0.1, 0.15) is 13.8 Å². The third-order valence-corrected chi connectivity index (χ3v) is 1.49. The number of azo groups is 1. The van der Waals surface area contributed by atoms with Crippen LogP contribution < -0.4 is 0 Å². The molecule has 0 radical (unpaired) electrons. The molecule has 9 heteroatoms. The third kappa shape index (κ3) is 3.19. The van der Waals surface area contributed by atoms with Crippen LogP contribution in [0.5, 0.6) is 0 Å². The number of Topliss-reactive ketones (excluding diaryl/α,β-unsaturated/α-hetero) is 1. The summed E-state index contributed by atoms with van der Waals surface area (Å²) in [5.74, 6) is -1.27. The zero-order valence-electron chi connectivity index (χ0n) is 8.75. The van der Waals surface area contributed by atoms with Crippen molar-refractivity contribution in [2.45, 2.75) is 19.9 Å². The number of rotatable bonds is 5. The van der Waals surface area contributed by atoms with Crippen LogP contribution in [-0.4, -0.2) is 45.0 Å². The molecule has 0 spiro atoms. The van der Waals surface area contributed by atoms with E-state index in [1.165, 1.54) is 6.92 Å². The molecule has 1 N–H and O–H groups in total. The lowest BCUT2D eigenvalue weighted by molar-refractivity contribution is -0.147. The zero-order valence-corrected chi connectivity index (χ0v) is 8.75. The molecular weight excluding hydrogens is 216 g/mol. The van der Waals surface area contributed by atoms with Gasteiger partial charge in [0.25, 0.3) is 0 Å². The van der Waals surface area contributed by atoms with Crippen LogP contribution >= 0.6 is 0 Å². The van der Waals surface area contributed by atoms with E-state index in [-0.39, 0.29) is 12.6 Å². The standard InChI is InChI=1S/C7H10N6O3/c1-3-16-6(15)5(4(2)14)8-9-7-10-12-13-11-7/h5H,3H2,1-2H3,(H,10,11,12,13). The highest BCUT2D eigenvalue weighted by Gasteiger charge is 2.24. The van der Waals surface area contributed by atoms with Crippen molar-refractivity contribution >= 4 is 17.7 Å². The number of tetrazole rings is 1. The van der Waals surface area contributed by atoms with Crippen molar-refractivity contribution in [1.29, 1.82) is 0 Å². The normalized spacial score (nSPS) is 12.6. The van der Waals surface area contributed by atoms with E-state index in [1.807, 2.05) is 0 Å². The minimum Gasteiger partial charge on any atom is -0.464 e. The fourth-order valence-electron chi connectivity index (χ4n) is 0.824. The molecule has 0 aliphatic carbocycles. The van der Waals surface area contributed by atoms with Gasteiger partial charge in [-0.15, -0.1) is 10.2 Å². The van der Waals surface area contributed by atoms with Crippen molar-refractivity contribution in [1.82, 2.24) is 20.6 Å². The van der Waals surface area contributed by atoms with Gasteiger partial charge < -0.3 is 4.74 Å². The SMILES string of the molecule is CCOC(=O)C(N=Nc1nn[nH]n1)C(C)=O. The number of H-pyrrole nitrogens is 1. The van der Waals surface area contributed by atoms with Gasteiger partial charge in [-0.1, -0.05) is 5.10 Å². The molecule has 0 aliphatic heterocycles. The van der Waals surface area contributed by atoms with E-state index in [0.717, 1.165) is 0 Å². The first-order chi connectivity index (χ1) is 7.65. The van der Waals surface area contributed by atoms with E-state index in [4.69, 9.17) is 0 Å². The Labute approximate surface area is 90.3 Å². The Balaban J connectivity index is 2.72. The van der Waals surface area contributed by atoms with Crippen molar-refractivity contribution < 1.29 is 14.3 Å². The lowest BCUT2D eigenvalue weighted by atomic mass is 10.2. The Kier molecular flexibility index (Phi) is 4.18. The average molecular weight is 226 g/mol. The summed E-state index contributed by atoms with van der Waals surface area (Å²) in [5.41, 5.74) is 0. The highest BCUT2D eigenvalue weighted by Crippen LogP contribution is 2.04. The predicted octanol–water partition coefficient (Wildman–Crippen LogP) is -0.196. The van der Waals surface area contributed by atoms with E-state index in [1.54, 1.807) is 6.92 Å². The Morgan fingerprint density at radius 2 is 2.31 bits per heavy atom. The first kappa shape index (κ1) is 11.9. The molecule has 0 saturated heterocycles. The van der Waals surface area contributed by atoms with Gasteiger partial charge in [-0.25, -0.2) is 4.79 Å². The number of carbonyl (C=O) groups is 2. The van der Waals surface area contributed by atoms with E-state index in [2.05, 4.69) is 35.6 Å². The van der Waals surface area contributed by atoms with Crippen molar-refractivity contribution in [2.75, 3.05) is 6.61 Å². The fourth-order valence-corrected chi connectivity index (χ4v) is 0.824. The number of hydrogen-bond donors (Lipinski definition) is 1. The maximum absolute atomic E-state index is 11.3. The Morgan fingerprint density at radius 1 is 1.56 bits per heavy atom. The van der Waals surface area contributed by atoms with Gasteiger partial charge in [0.15, 0.2) is 5.78 Å². The Bertz CT molecular complexity index is 387. The minimum absolute atomic E-state index is 0.0597. The first-order valence-corrected chi connectivity index (χ1v) is 4.46. The molecule has 1 aromatic heterocycles. The molecule has 1 atom stereocenters. The number of nitrogens with zero attached hydrogens (tertiary/aromatic N) is 5. The van der Waals surface area contributed by atoms with Gasteiger partial charge >= 0.3 is 11.9 Å². The van der Waals surface area contributed by atoms with Crippen molar-refractivity contribution in [2.24, 2.45) is 10.2 Å². The van der Waals surface area contributed by atoms with Crippen LogP contribution in [0.3, 0.4) is 0 Å². The van der Waals surface area contributed by atoms with E-state index in [9.17, 15) is 9.59 Å². The largest absolute Gasteiger partial charge is 0.464 e. The molecule has 0 saturated carbocycles. The number of nitrogens with one attached hydrogen (secondary N) is 1. The van der Waals surface area contributed by atoms with Gasteiger partial charge in [0.2, 0.25) is 6.04 Å². The van der Waals surface area contributed by atoms with Gasteiger partial charge in [-0.2, -0.15) is 10.3 Å². The van der Waals surface area contributed by atoms with Crippen LogP contribution in [0, 0.1) is 0 Å². The monoisotopic (exact) mass is 226 g/mol. The van der Waals surface area contributed by atoms with Gasteiger partial charge in [-0.3, -0.25) is 4.79 Å². The molecule has 86 valence electrons. The predicted molar refractivity (Wildman–Crippen MR) is 49.8 cm³/mol. The van der Waals surface area contributed by atoms with Crippen LogP contribution in [0.4, 0.5) is 5.95 Å². The summed E-state index contributed by atoms with van der Waals surface area (Å²) in [6.45, 7) is 3.02. The van der Waals surface area contributed by atoms with Crippen LogP contribution in [0.15, 0.2) is 10.2 Å². The molecule has 16 heavy (non-hydrogen) atoms. The van der Waals surface area contributed by atoms with Gasteiger partial charge in [0, 0.05) is 0 Å². The van der Waals surface area contributed by atoms with Crippen LogP contribution in [-0.2, 0) is 14.3 Å². The summed E-state index contributed by atoms with van der Waals surface area (Å²) in [6, 6.07) is -1.28. The summed E-state index contributed by atoms with van der Waals surface area (Å²) in [4.78, 5) is 22.4. The molecule has 1 heterocycles. The molecule has 1 unspecified atom stereocenters. The molecule has 0 amide bonds. The average Bonchev–Trinajstić information content (AvgIpc) is 2.70. The summed E-state index contributed by atoms with van der Waals surface area (Å²) >= 11 is 0. The summed E-state index contributed by atoms with van der Waals surface area (Å²) in [7, 11) is 0. The second-order valence-electron chi connectivity index (χ2n) is 2.69. The molecule has 9 nitrogen and oxygen atoms in total. The van der Waals surface area contributed by atoms with Crippen molar-refractivity contribution in [3.63, 3.8) is 0 Å². The van der Waals surface area contributed by atoms with Crippen molar-refractivity contribution in [3.8, 4) is 0 Å². The minimum atomic E-state index is -1.28. The van der Waals surface area contributed by atoms with Crippen molar-refractivity contribution in [3.05, 3.63) is 0 Å². The number of hydrogen-bond acceptors (Lipinski definition) is 8. The number of ketones is 1. The maximum Gasteiger partial charge on any atom is 0.340 e. The lowest BCUT2D eigenvalue weighted by Crippen LogP contribution is -2.28. The molecule has 1 rings (SSSR count). The van der Waals surface area contributed by atoms with Crippen LogP contribution in [0.2, 0.25) is 0 Å². The molecular formula is C7H10N6O3. The third-order valence-electron chi connectivity index (χ3n) is 1.49. The Hall–Kier alpha value is -2.19. The fraction of sp³-hybridized carbons (Fsp3) is 0.571. The number of aromatic amines is 1.